The molecule has 0 aromatic rings. The van der Waals surface area contributed by atoms with E-state index in [0.29, 0.717) is 37.3 Å². The molecule has 0 aliphatic carbocycles. The number of aliphatic hydroxyl groups is 1. The van der Waals surface area contributed by atoms with Crippen LogP contribution >= 0.6 is 23.5 Å². The number of hydrogen-bond donors (Lipinski definition) is 12. The quantitative estimate of drug-likeness (QED) is 0.0561. The molecule has 1 saturated heterocycles. The van der Waals surface area contributed by atoms with Gasteiger partial charge in [0.05, 0.1) is 12.6 Å². The Kier molecular flexibility index (Phi) is 25.7. The Labute approximate surface area is 370 Å². The molecule has 0 bridgehead atoms. The summed E-state index contributed by atoms with van der Waals surface area (Å²) in [5.74, 6) is -8.65. The third-order valence-electron chi connectivity index (χ3n) is 9.70. The van der Waals surface area contributed by atoms with Gasteiger partial charge < -0.3 is 64.2 Å². The second-order valence-electron chi connectivity index (χ2n) is 15.3. The number of rotatable bonds is 19. The highest BCUT2D eigenvalue weighted by molar-refractivity contribution is 8.03. The third kappa shape index (κ3) is 20.5. The van der Waals surface area contributed by atoms with Crippen LogP contribution < -0.4 is 54.0 Å². The van der Waals surface area contributed by atoms with Gasteiger partial charge in [-0.15, -0.1) is 0 Å². The minimum atomic E-state index is -1.60. The molecule has 1 rings (SSSR count). The van der Waals surface area contributed by atoms with Gasteiger partial charge in [-0.25, -0.2) is 0 Å². The van der Waals surface area contributed by atoms with Gasteiger partial charge in [0.1, 0.15) is 42.3 Å². The molecule has 0 radical (unpaired) electrons. The Hall–Kier alpha value is -4.68. The molecule has 14 N–H and O–H groups in total. The predicted octanol–water partition coefficient (Wildman–Crippen LogP) is -3.44. The molecule has 0 unspecified atom stereocenters. The molecular formula is C38H66N10O12S2. The fraction of sp³-hybridized carbons (Fsp3) is 0.737. The average Bonchev–Trinajstić information content (AvgIpc) is 3.19. The highest BCUT2D eigenvalue weighted by Crippen LogP contribution is 2.14. The number of nitrogens with two attached hydrogens (primary N) is 2. The molecular weight excluding hydrogens is 853 g/mol. The molecule has 1 aliphatic heterocycles. The zero-order chi connectivity index (χ0) is 47.1. The number of carboxylic acids is 1. The first-order valence-electron chi connectivity index (χ1n) is 20.5. The number of nitrogens with one attached hydrogen (secondary N) is 8. The van der Waals surface area contributed by atoms with E-state index < -0.39 is 126 Å². The van der Waals surface area contributed by atoms with Crippen molar-refractivity contribution in [3.8, 4) is 0 Å². The van der Waals surface area contributed by atoms with Gasteiger partial charge in [-0.1, -0.05) is 34.1 Å². The highest BCUT2D eigenvalue weighted by Gasteiger charge is 2.35. The highest BCUT2D eigenvalue weighted by atomic mass is 32.2. The maximum Gasteiger partial charge on any atom is 0.303 e. The topological polar surface area (TPSA) is 359 Å². The molecule has 62 heavy (non-hydrogen) atoms. The lowest BCUT2D eigenvalue weighted by Gasteiger charge is -2.28. The van der Waals surface area contributed by atoms with E-state index in [1.807, 2.05) is 0 Å². The van der Waals surface area contributed by atoms with Crippen LogP contribution in [0.15, 0.2) is 0 Å². The van der Waals surface area contributed by atoms with Crippen LogP contribution in [0.1, 0.15) is 80.1 Å². The van der Waals surface area contributed by atoms with Crippen molar-refractivity contribution in [3.05, 3.63) is 0 Å². The summed E-state index contributed by atoms with van der Waals surface area (Å²) in [4.78, 5) is 130. The minimum Gasteiger partial charge on any atom is -0.481 e. The summed E-state index contributed by atoms with van der Waals surface area (Å²) in [6, 6.07) is -8.95. The summed E-state index contributed by atoms with van der Waals surface area (Å²) in [6.07, 6.45) is -0.811. The predicted molar refractivity (Wildman–Crippen MR) is 232 cm³/mol. The van der Waals surface area contributed by atoms with Gasteiger partial charge in [0, 0.05) is 36.4 Å². The second-order valence-corrected chi connectivity index (χ2v) is 17.6. The van der Waals surface area contributed by atoms with Crippen LogP contribution in [-0.4, -0.2) is 154 Å². The molecule has 0 saturated carbocycles. The normalized spacial score (nSPS) is 22.2. The number of hydrogen-bond acceptors (Lipinski definition) is 14. The van der Waals surface area contributed by atoms with E-state index in [4.69, 9.17) is 16.6 Å². The van der Waals surface area contributed by atoms with Crippen LogP contribution in [0, 0.1) is 11.8 Å². The van der Waals surface area contributed by atoms with Crippen LogP contribution in [0.2, 0.25) is 0 Å². The minimum absolute atomic E-state index is 0.0590. The van der Waals surface area contributed by atoms with Crippen LogP contribution in [0.5, 0.6) is 0 Å². The van der Waals surface area contributed by atoms with Gasteiger partial charge in [-0.3, -0.25) is 47.9 Å². The summed E-state index contributed by atoms with van der Waals surface area (Å²) in [5.41, 5.74) is 11.1. The standard InChI is InChI=1S/C38H66N10O12S2/c1-7-20(4)30-38(60)46-25(34(56)43-23(32(40)54)11-12-28(52)53)17-61-14-15-62-18-26(35(57)48-31(21(5)49)36(58)41-16-27(51)47-30)45-33(55)24(10-8-9-13-39)44-37(59)29(19(2)3)42-22(6)50/h19-21,23-26,29-31,49H,7-18,39H2,1-6H3,(H2,40,54)(H,41,58)(H,42,50)(H,43,56)(H,44,59)(H,45,55)(H,46,60)(H,47,51)(H,48,57)(H,52,53)/t20-,21+,23-,24-,25-,26-,29-,30-,31-/m0/s1. The number of carbonyl (C=O) groups is 10. The molecule has 1 aliphatic rings. The number of unbranched alkanes of at least 4 members (excludes halogenated alkanes) is 1. The van der Waals surface area contributed by atoms with Gasteiger partial charge >= 0.3 is 5.97 Å². The lowest BCUT2D eigenvalue weighted by molar-refractivity contribution is -0.138. The van der Waals surface area contributed by atoms with E-state index in [0.717, 1.165) is 0 Å². The van der Waals surface area contributed by atoms with Gasteiger partial charge in [0.2, 0.25) is 53.2 Å². The Bertz CT molecular complexity index is 1570. The maximum atomic E-state index is 13.9. The lowest BCUT2D eigenvalue weighted by Crippen LogP contribution is -2.61. The summed E-state index contributed by atoms with van der Waals surface area (Å²) in [6.45, 7) is 8.97. The second kappa shape index (κ2) is 28.8. The zero-order valence-corrected chi connectivity index (χ0v) is 37.8. The van der Waals surface area contributed by atoms with Crippen LogP contribution in [0.3, 0.4) is 0 Å². The third-order valence-corrected chi connectivity index (χ3v) is 12.1. The van der Waals surface area contributed by atoms with Gasteiger partial charge in [0.15, 0.2) is 0 Å². The van der Waals surface area contributed by atoms with Crippen molar-refractivity contribution in [2.75, 3.05) is 36.1 Å². The molecule has 0 spiro atoms. The van der Waals surface area contributed by atoms with Crippen LogP contribution in [0.25, 0.3) is 0 Å². The van der Waals surface area contributed by atoms with Crippen molar-refractivity contribution in [1.29, 1.82) is 0 Å². The van der Waals surface area contributed by atoms with Crippen molar-refractivity contribution in [1.82, 2.24) is 42.5 Å². The van der Waals surface area contributed by atoms with Gasteiger partial charge in [-0.2, -0.15) is 23.5 Å². The number of thioether (sulfide) groups is 2. The lowest BCUT2D eigenvalue weighted by atomic mass is 9.98. The van der Waals surface area contributed by atoms with E-state index >= 15 is 0 Å². The Balaban J connectivity index is 3.53. The van der Waals surface area contributed by atoms with E-state index in [1.165, 1.54) is 37.4 Å². The van der Waals surface area contributed by atoms with Crippen molar-refractivity contribution < 1.29 is 58.2 Å². The van der Waals surface area contributed by atoms with E-state index in [2.05, 4.69) is 42.5 Å². The Morgan fingerprint density at radius 1 is 0.806 bits per heavy atom. The summed E-state index contributed by atoms with van der Waals surface area (Å²) >= 11 is 2.40. The Morgan fingerprint density at radius 3 is 2.00 bits per heavy atom. The molecule has 1 heterocycles. The van der Waals surface area contributed by atoms with Crippen molar-refractivity contribution >= 4 is 82.7 Å². The SMILES string of the molecule is CC[C@H](C)[C@@H]1NC(=O)CNC(=O)[C@H]([C@@H](C)O)NC(=O)[C@@H](NC(=O)[C@H](CCCCN)NC(=O)[C@@H](NC(C)=O)C(C)C)CSCCSC[C@@H](C(=O)N[C@@H](CCC(=O)O)C(N)=O)NC1=O. The van der Waals surface area contributed by atoms with Crippen molar-refractivity contribution in [2.24, 2.45) is 23.3 Å². The zero-order valence-electron chi connectivity index (χ0n) is 36.2. The number of carboxylic acid groups (broad SMARTS) is 1. The summed E-state index contributed by atoms with van der Waals surface area (Å²) in [7, 11) is 0. The first-order valence-corrected chi connectivity index (χ1v) is 22.8. The first-order chi connectivity index (χ1) is 29.1. The number of amides is 9. The summed E-state index contributed by atoms with van der Waals surface area (Å²) < 4.78 is 0. The largest absolute Gasteiger partial charge is 0.481 e. The molecule has 9 amide bonds. The number of carbonyl (C=O) groups excluding carboxylic acids is 9. The first kappa shape index (κ1) is 55.3. The van der Waals surface area contributed by atoms with Crippen LogP contribution in [-0.2, 0) is 47.9 Å². The molecule has 352 valence electrons. The van der Waals surface area contributed by atoms with Crippen LogP contribution in [0.4, 0.5) is 0 Å². The summed E-state index contributed by atoms with van der Waals surface area (Å²) in [5, 5.41) is 39.9. The maximum absolute atomic E-state index is 13.9. The van der Waals surface area contributed by atoms with E-state index in [-0.39, 0.29) is 30.3 Å². The fourth-order valence-corrected chi connectivity index (χ4v) is 8.10. The molecule has 0 aromatic heterocycles. The number of primary amides is 1. The van der Waals surface area contributed by atoms with E-state index in [9.17, 15) is 53.1 Å². The van der Waals surface area contributed by atoms with E-state index in [1.54, 1.807) is 27.7 Å². The molecule has 22 nitrogen and oxygen atoms in total. The molecule has 0 aromatic carbocycles. The molecule has 24 heteroatoms. The number of aliphatic carboxylic acids is 1. The van der Waals surface area contributed by atoms with Gasteiger partial charge in [0.25, 0.3) is 0 Å². The smallest absolute Gasteiger partial charge is 0.303 e. The molecule has 9 atom stereocenters. The monoisotopic (exact) mass is 918 g/mol. The van der Waals surface area contributed by atoms with Gasteiger partial charge in [-0.05, 0) is 51.0 Å². The number of aliphatic hydroxyl groups excluding tert-OH is 1. The van der Waals surface area contributed by atoms with Crippen molar-refractivity contribution in [2.45, 2.75) is 128 Å². The Morgan fingerprint density at radius 2 is 1.45 bits per heavy atom. The average molecular weight is 919 g/mol. The molecule has 1 fully saturated rings. The van der Waals surface area contributed by atoms with Crippen molar-refractivity contribution in [3.63, 3.8) is 0 Å². The fourth-order valence-electron chi connectivity index (χ4n) is 5.89.